The second-order valence-electron chi connectivity index (χ2n) is 9.45. The first-order chi connectivity index (χ1) is 17.0. The van der Waals surface area contributed by atoms with Crippen LogP contribution in [0.4, 0.5) is 4.39 Å². The van der Waals surface area contributed by atoms with Gasteiger partial charge >= 0.3 is 0 Å². The van der Waals surface area contributed by atoms with Gasteiger partial charge in [0.1, 0.15) is 11.9 Å². The standard InChI is InChI=1S/C30H33FN2O2/c1-22-9-5-6-12-25(22)21-33(29(34)20-24-15-17-26(31)18-16-24)28(19-23-10-3-2-4-11-23)30(35)32-27-13-7-8-14-27/h2-6,9-12,15-18,27-28H,7-8,13-14,19-21H2,1H3,(H,32,35)/t28-/m0/s1. The van der Waals surface area contributed by atoms with Crippen molar-refractivity contribution >= 4 is 11.8 Å². The highest BCUT2D eigenvalue weighted by molar-refractivity contribution is 5.89. The van der Waals surface area contributed by atoms with Gasteiger partial charge in [-0.2, -0.15) is 0 Å². The lowest BCUT2D eigenvalue weighted by molar-refractivity contribution is -0.141. The molecular weight excluding hydrogens is 439 g/mol. The molecule has 1 aliphatic carbocycles. The molecule has 1 fully saturated rings. The van der Waals surface area contributed by atoms with Crippen molar-refractivity contribution in [3.8, 4) is 0 Å². The van der Waals surface area contributed by atoms with Crippen molar-refractivity contribution in [2.45, 2.75) is 64.1 Å². The molecule has 1 N–H and O–H groups in total. The van der Waals surface area contributed by atoms with E-state index >= 15 is 0 Å². The van der Waals surface area contributed by atoms with Crippen molar-refractivity contribution in [2.75, 3.05) is 0 Å². The molecule has 0 aromatic heterocycles. The number of amides is 2. The van der Waals surface area contributed by atoms with Gasteiger partial charge in [0.25, 0.3) is 0 Å². The van der Waals surface area contributed by atoms with E-state index in [-0.39, 0.29) is 30.1 Å². The summed E-state index contributed by atoms with van der Waals surface area (Å²) in [4.78, 5) is 29.1. The predicted molar refractivity (Wildman–Crippen MR) is 136 cm³/mol. The normalized spacial score (nSPS) is 14.5. The first kappa shape index (κ1) is 24.6. The summed E-state index contributed by atoms with van der Waals surface area (Å²) < 4.78 is 13.4. The van der Waals surface area contributed by atoms with E-state index in [9.17, 15) is 14.0 Å². The van der Waals surface area contributed by atoms with Gasteiger partial charge in [0.2, 0.25) is 11.8 Å². The van der Waals surface area contributed by atoms with E-state index in [1.807, 2.05) is 61.5 Å². The Morgan fingerprint density at radius 3 is 2.26 bits per heavy atom. The van der Waals surface area contributed by atoms with Crippen LogP contribution >= 0.6 is 0 Å². The molecule has 2 amide bonds. The molecule has 0 aliphatic heterocycles. The van der Waals surface area contributed by atoms with Crippen LogP contribution in [0.25, 0.3) is 0 Å². The summed E-state index contributed by atoms with van der Waals surface area (Å²) in [5.74, 6) is -0.597. The zero-order chi connectivity index (χ0) is 24.6. The summed E-state index contributed by atoms with van der Waals surface area (Å²) in [6.07, 6.45) is 4.72. The molecule has 1 aliphatic rings. The van der Waals surface area contributed by atoms with Gasteiger partial charge in [-0.3, -0.25) is 9.59 Å². The maximum Gasteiger partial charge on any atom is 0.243 e. The highest BCUT2D eigenvalue weighted by atomic mass is 19.1. The average molecular weight is 473 g/mol. The molecule has 0 unspecified atom stereocenters. The van der Waals surface area contributed by atoms with Crippen LogP contribution in [0.1, 0.15) is 47.9 Å². The molecular formula is C30H33FN2O2. The molecule has 0 radical (unpaired) electrons. The Kier molecular flexibility index (Phi) is 8.30. The minimum absolute atomic E-state index is 0.105. The molecule has 4 nitrogen and oxygen atoms in total. The van der Waals surface area contributed by atoms with E-state index in [1.165, 1.54) is 12.1 Å². The van der Waals surface area contributed by atoms with Crippen LogP contribution in [0.3, 0.4) is 0 Å². The fraction of sp³-hybridized carbons (Fsp3) is 0.333. The number of nitrogens with zero attached hydrogens (tertiary/aromatic N) is 1. The second kappa shape index (κ2) is 11.8. The molecule has 3 aromatic carbocycles. The lowest BCUT2D eigenvalue weighted by Crippen LogP contribution is -2.52. The van der Waals surface area contributed by atoms with Crippen LogP contribution in [-0.2, 0) is 29.0 Å². The van der Waals surface area contributed by atoms with Gasteiger partial charge in [-0.1, -0.05) is 79.6 Å². The zero-order valence-electron chi connectivity index (χ0n) is 20.3. The van der Waals surface area contributed by atoms with Gasteiger partial charge < -0.3 is 10.2 Å². The van der Waals surface area contributed by atoms with Gasteiger partial charge in [0.15, 0.2) is 0 Å². The number of hydrogen-bond donors (Lipinski definition) is 1. The molecule has 4 rings (SSSR count). The highest BCUT2D eigenvalue weighted by Gasteiger charge is 2.32. The summed E-state index contributed by atoms with van der Waals surface area (Å²) in [6, 6.07) is 23.3. The predicted octanol–water partition coefficient (Wildman–Crippen LogP) is 5.38. The van der Waals surface area contributed by atoms with Crippen LogP contribution < -0.4 is 5.32 Å². The van der Waals surface area contributed by atoms with Crippen LogP contribution in [0.2, 0.25) is 0 Å². The first-order valence-electron chi connectivity index (χ1n) is 12.4. The number of benzene rings is 3. The smallest absolute Gasteiger partial charge is 0.243 e. The Balaban J connectivity index is 1.66. The minimum atomic E-state index is -0.648. The molecule has 3 aromatic rings. The average Bonchev–Trinajstić information content (AvgIpc) is 3.37. The third kappa shape index (κ3) is 6.78. The molecule has 182 valence electrons. The molecule has 0 saturated heterocycles. The van der Waals surface area contributed by atoms with Gasteiger partial charge in [-0.25, -0.2) is 4.39 Å². The zero-order valence-corrected chi connectivity index (χ0v) is 20.3. The number of halogens is 1. The number of aryl methyl sites for hydroxylation is 1. The lowest BCUT2D eigenvalue weighted by atomic mass is 10.00. The number of hydrogen-bond acceptors (Lipinski definition) is 2. The van der Waals surface area contributed by atoms with Crippen LogP contribution in [0.15, 0.2) is 78.9 Å². The fourth-order valence-electron chi connectivity index (χ4n) is 4.77. The number of carbonyl (C=O) groups excluding carboxylic acids is 2. The molecule has 0 heterocycles. The number of rotatable bonds is 9. The van der Waals surface area contributed by atoms with Gasteiger partial charge in [-0.05, 0) is 54.2 Å². The van der Waals surface area contributed by atoms with Crippen molar-refractivity contribution in [1.29, 1.82) is 0 Å². The third-order valence-corrected chi connectivity index (χ3v) is 6.84. The van der Waals surface area contributed by atoms with E-state index in [4.69, 9.17) is 0 Å². The first-order valence-corrected chi connectivity index (χ1v) is 12.4. The maximum absolute atomic E-state index is 13.7. The number of nitrogens with one attached hydrogen (secondary N) is 1. The number of carbonyl (C=O) groups is 2. The fourth-order valence-corrected chi connectivity index (χ4v) is 4.77. The van der Waals surface area contributed by atoms with Crippen LogP contribution in [0, 0.1) is 12.7 Å². The topological polar surface area (TPSA) is 49.4 Å². The minimum Gasteiger partial charge on any atom is -0.352 e. The van der Waals surface area contributed by atoms with Crippen molar-refractivity contribution in [3.05, 3.63) is 107 Å². The van der Waals surface area contributed by atoms with Crippen LogP contribution in [-0.4, -0.2) is 28.8 Å². The van der Waals surface area contributed by atoms with E-state index in [1.54, 1.807) is 17.0 Å². The van der Waals surface area contributed by atoms with E-state index in [0.29, 0.717) is 13.0 Å². The van der Waals surface area contributed by atoms with Crippen molar-refractivity contribution < 1.29 is 14.0 Å². The highest BCUT2D eigenvalue weighted by Crippen LogP contribution is 2.21. The molecule has 0 spiro atoms. The maximum atomic E-state index is 13.7. The third-order valence-electron chi connectivity index (χ3n) is 6.84. The quantitative estimate of drug-likeness (QED) is 0.455. The monoisotopic (exact) mass is 472 g/mol. The molecule has 1 saturated carbocycles. The van der Waals surface area contributed by atoms with Crippen molar-refractivity contribution in [1.82, 2.24) is 10.2 Å². The summed E-state index contributed by atoms with van der Waals surface area (Å²) in [5, 5.41) is 3.22. The summed E-state index contributed by atoms with van der Waals surface area (Å²) in [7, 11) is 0. The Morgan fingerprint density at radius 1 is 0.914 bits per heavy atom. The molecule has 35 heavy (non-hydrogen) atoms. The van der Waals surface area contributed by atoms with E-state index in [2.05, 4.69) is 5.32 Å². The molecule has 5 heteroatoms. The van der Waals surface area contributed by atoms with Gasteiger partial charge in [0, 0.05) is 19.0 Å². The van der Waals surface area contributed by atoms with Crippen molar-refractivity contribution in [3.63, 3.8) is 0 Å². The second-order valence-corrected chi connectivity index (χ2v) is 9.45. The van der Waals surface area contributed by atoms with E-state index < -0.39 is 6.04 Å². The van der Waals surface area contributed by atoms with Crippen LogP contribution in [0.5, 0.6) is 0 Å². The van der Waals surface area contributed by atoms with Crippen molar-refractivity contribution in [2.24, 2.45) is 0 Å². The molecule has 0 bridgehead atoms. The summed E-state index contributed by atoms with van der Waals surface area (Å²) >= 11 is 0. The summed E-state index contributed by atoms with van der Waals surface area (Å²) in [6.45, 7) is 2.35. The summed E-state index contributed by atoms with van der Waals surface area (Å²) in [5.41, 5.74) is 3.80. The largest absolute Gasteiger partial charge is 0.352 e. The van der Waals surface area contributed by atoms with Gasteiger partial charge in [-0.15, -0.1) is 0 Å². The molecule has 1 atom stereocenters. The Bertz CT molecular complexity index is 1120. The Labute approximate surface area is 207 Å². The SMILES string of the molecule is Cc1ccccc1CN(C(=O)Cc1ccc(F)cc1)[C@@H](Cc1ccccc1)C(=O)NC1CCCC1. The van der Waals surface area contributed by atoms with Gasteiger partial charge in [0.05, 0.1) is 6.42 Å². The van der Waals surface area contributed by atoms with E-state index in [0.717, 1.165) is 47.9 Å². The lowest BCUT2D eigenvalue weighted by Gasteiger charge is -2.33. The Hall–Kier alpha value is -3.47. The Morgan fingerprint density at radius 2 is 1.57 bits per heavy atom.